The van der Waals surface area contributed by atoms with E-state index in [1.54, 1.807) is 37.1 Å². The molecule has 0 saturated heterocycles. The van der Waals surface area contributed by atoms with Crippen LogP contribution in [0.4, 0.5) is 0 Å². The fraction of sp³-hybridized carbons (Fsp3) is 0.640. The highest BCUT2D eigenvalue weighted by atomic mass is 32.2. The van der Waals surface area contributed by atoms with E-state index in [0.29, 0.717) is 30.4 Å². The highest BCUT2D eigenvalue weighted by Gasteiger charge is 2.38. The Morgan fingerprint density at radius 1 is 1.30 bits per heavy atom. The van der Waals surface area contributed by atoms with Crippen molar-refractivity contribution >= 4 is 15.9 Å². The van der Waals surface area contributed by atoms with Gasteiger partial charge in [-0.05, 0) is 56.7 Å². The van der Waals surface area contributed by atoms with Crippen LogP contribution in [0.3, 0.4) is 0 Å². The monoisotopic (exact) mass is 474 g/mol. The first-order valence-electron chi connectivity index (χ1n) is 11.9. The van der Waals surface area contributed by atoms with E-state index in [1.165, 1.54) is 4.31 Å². The predicted molar refractivity (Wildman–Crippen MR) is 125 cm³/mol. The molecule has 3 aliphatic rings. The lowest BCUT2D eigenvalue weighted by Crippen LogP contribution is -2.50. The van der Waals surface area contributed by atoms with Gasteiger partial charge in [0.15, 0.2) is 0 Å². The van der Waals surface area contributed by atoms with E-state index in [9.17, 15) is 18.3 Å². The van der Waals surface area contributed by atoms with Crippen LogP contribution < -0.4 is 4.74 Å². The van der Waals surface area contributed by atoms with Crippen LogP contribution in [-0.2, 0) is 14.8 Å². The molecule has 8 heteroatoms. The third kappa shape index (κ3) is 5.71. The smallest absolute Gasteiger partial charge is 0.247 e. The van der Waals surface area contributed by atoms with Crippen molar-refractivity contribution in [2.24, 2.45) is 17.8 Å². The summed E-state index contributed by atoms with van der Waals surface area (Å²) in [5, 5.41) is 9.75. The molecule has 2 fully saturated rings. The third-order valence-electron chi connectivity index (χ3n) is 6.70. The lowest BCUT2D eigenvalue weighted by Gasteiger charge is -2.37. The first-order valence-corrected chi connectivity index (χ1v) is 13.3. The van der Waals surface area contributed by atoms with Crippen molar-refractivity contribution in [3.8, 4) is 17.6 Å². The molecule has 0 radical (unpaired) electrons. The molecule has 0 bridgehead atoms. The van der Waals surface area contributed by atoms with Gasteiger partial charge < -0.3 is 14.7 Å². The quantitative estimate of drug-likeness (QED) is 0.640. The molecule has 3 atom stereocenters. The summed E-state index contributed by atoms with van der Waals surface area (Å²) >= 11 is 0. The second kappa shape index (κ2) is 9.65. The molecule has 0 aromatic heterocycles. The Morgan fingerprint density at radius 2 is 2.03 bits per heavy atom. The number of sulfonamides is 1. The molecule has 1 aliphatic heterocycles. The number of rotatable bonds is 6. The number of ether oxygens (including phenoxy) is 1. The molecule has 1 N–H and O–H groups in total. The van der Waals surface area contributed by atoms with Crippen molar-refractivity contribution in [1.82, 2.24) is 9.21 Å². The average Bonchev–Trinajstić information content (AvgIpc) is 3.70. The topological polar surface area (TPSA) is 87.2 Å². The molecule has 2 saturated carbocycles. The number of hydrogen-bond acceptors (Lipinski definition) is 5. The van der Waals surface area contributed by atoms with Crippen molar-refractivity contribution in [2.45, 2.75) is 63.0 Å². The average molecular weight is 475 g/mol. The van der Waals surface area contributed by atoms with E-state index in [-0.39, 0.29) is 35.6 Å². The van der Waals surface area contributed by atoms with E-state index >= 15 is 0 Å². The van der Waals surface area contributed by atoms with Gasteiger partial charge in [0.25, 0.3) is 0 Å². The SMILES string of the molecule is C[C@@H]1CN([C@H](C)CO)S(=O)(=O)c2ccc(C#CC3CC3)cc2O[C@H]1CN(C)C(=O)CC1CC1. The maximum absolute atomic E-state index is 13.5. The molecule has 180 valence electrons. The number of hydrogen-bond donors (Lipinski definition) is 1. The summed E-state index contributed by atoms with van der Waals surface area (Å²) in [6.45, 7) is 3.91. The van der Waals surface area contributed by atoms with E-state index in [2.05, 4.69) is 11.8 Å². The number of aliphatic hydroxyl groups excluding tert-OH is 1. The molecule has 33 heavy (non-hydrogen) atoms. The Kier molecular flexibility index (Phi) is 7.04. The van der Waals surface area contributed by atoms with Crippen LogP contribution in [0.2, 0.25) is 0 Å². The van der Waals surface area contributed by atoms with E-state index in [1.807, 2.05) is 6.92 Å². The van der Waals surface area contributed by atoms with Crippen LogP contribution in [0.15, 0.2) is 23.1 Å². The van der Waals surface area contributed by atoms with Crippen LogP contribution in [0, 0.1) is 29.6 Å². The summed E-state index contributed by atoms with van der Waals surface area (Å²) in [5.74, 6) is 7.42. The molecule has 7 nitrogen and oxygen atoms in total. The molecule has 4 rings (SSSR count). The largest absolute Gasteiger partial charge is 0.487 e. The number of likely N-dealkylation sites (N-methyl/N-ethyl adjacent to an activating group) is 1. The zero-order valence-electron chi connectivity index (χ0n) is 19.7. The van der Waals surface area contributed by atoms with Crippen LogP contribution in [0.1, 0.15) is 51.5 Å². The molecule has 0 spiro atoms. The fourth-order valence-corrected chi connectivity index (χ4v) is 5.86. The summed E-state index contributed by atoms with van der Waals surface area (Å²) in [6.07, 6.45) is 4.60. The van der Waals surface area contributed by atoms with Gasteiger partial charge in [-0.25, -0.2) is 8.42 Å². The first kappa shape index (κ1) is 24.1. The van der Waals surface area contributed by atoms with Gasteiger partial charge in [0, 0.05) is 43.5 Å². The van der Waals surface area contributed by atoms with Crippen molar-refractivity contribution in [1.29, 1.82) is 0 Å². The van der Waals surface area contributed by atoms with Crippen LogP contribution in [0.25, 0.3) is 0 Å². The van der Waals surface area contributed by atoms with Gasteiger partial charge in [-0.1, -0.05) is 18.8 Å². The Hall–Kier alpha value is -2.08. The Labute approximate surface area is 197 Å². The highest BCUT2D eigenvalue weighted by molar-refractivity contribution is 7.89. The molecule has 0 unspecified atom stereocenters. The molecule has 2 aliphatic carbocycles. The minimum Gasteiger partial charge on any atom is -0.487 e. The van der Waals surface area contributed by atoms with Crippen LogP contribution in [-0.4, -0.2) is 67.5 Å². The number of carbonyl (C=O) groups excluding carboxylic acids is 1. The zero-order chi connectivity index (χ0) is 23.8. The normalized spacial score (nSPS) is 25.5. The van der Waals surface area contributed by atoms with Crippen LogP contribution >= 0.6 is 0 Å². The summed E-state index contributed by atoms with van der Waals surface area (Å²) in [7, 11) is -2.10. The maximum atomic E-state index is 13.5. The minimum atomic E-state index is -3.88. The highest BCUT2D eigenvalue weighted by Crippen LogP contribution is 2.35. The molecule has 1 aromatic carbocycles. The lowest BCUT2D eigenvalue weighted by atomic mass is 10.0. The first-order chi connectivity index (χ1) is 15.7. The van der Waals surface area contributed by atoms with E-state index < -0.39 is 22.2 Å². The molecule has 1 amide bonds. The second-order valence-corrected chi connectivity index (χ2v) is 11.7. The van der Waals surface area contributed by atoms with Crippen molar-refractivity contribution < 1.29 is 23.1 Å². The Bertz CT molecular complexity index is 1050. The third-order valence-corrected chi connectivity index (χ3v) is 8.72. The van der Waals surface area contributed by atoms with Crippen molar-refractivity contribution in [3.63, 3.8) is 0 Å². The maximum Gasteiger partial charge on any atom is 0.247 e. The van der Waals surface area contributed by atoms with Gasteiger partial charge >= 0.3 is 0 Å². The van der Waals surface area contributed by atoms with Crippen molar-refractivity contribution in [3.05, 3.63) is 23.8 Å². The van der Waals surface area contributed by atoms with E-state index in [0.717, 1.165) is 25.7 Å². The number of amides is 1. The predicted octanol–water partition coefficient (Wildman–Crippen LogP) is 2.48. The zero-order valence-corrected chi connectivity index (χ0v) is 20.5. The lowest BCUT2D eigenvalue weighted by molar-refractivity contribution is -0.131. The van der Waals surface area contributed by atoms with E-state index in [4.69, 9.17) is 4.74 Å². The van der Waals surface area contributed by atoms with Gasteiger partial charge in [0.05, 0.1) is 13.2 Å². The fourth-order valence-electron chi connectivity index (χ4n) is 4.03. The Balaban J connectivity index is 1.67. The van der Waals surface area contributed by atoms with Crippen molar-refractivity contribution in [2.75, 3.05) is 26.7 Å². The number of aliphatic hydroxyl groups is 1. The number of nitrogens with zero attached hydrogens (tertiary/aromatic N) is 2. The van der Waals surface area contributed by atoms with Gasteiger partial charge in [-0.15, -0.1) is 0 Å². The van der Waals surface area contributed by atoms with Gasteiger partial charge in [0.2, 0.25) is 15.9 Å². The standard InChI is InChI=1S/C25H34N2O5S/c1-17-14-27(18(2)16-28)33(30,31)24-11-10-20(7-6-19-4-5-19)12-22(24)32-23(17)15-26(3)25(29)13-21-8-9-21/h10-12,17-19,21,23,28H,4-5,8-9,13-16H2,1-3H3/t17-,18-,23+/m1/s1. The summed E-state index contributed by atoms with van der Waals surface area (Å²) in [4.78, 5) is 14.4. The number of benzene rings is 1. The second-order valence-electron chi connectivity index (χ2n) is 9.87. The number of carbonyl (C=O) groups is 1. The number of fused-ring (bicyclic) bond motifs is 1. The summed E-state index contributed by atoms with van der Waals surface area (Å²) < 4.78 is 34.7. The molecular weight excluding hydrogens is 440 g/mol. The Morgan fingerprint density at radius 3 is 2.67 bits per heavy atom. The van der Waals surface area contributed by atoms with Crippen LogP contribution in [0.5, 0.6) is 5.75 Å². The van der Waals surface area contributed by atoms with Gasteiger partial charge in [0.1, 0.15) is 16.7 Å². The van der Waals surface area contributed by atoms with Gasteiger partial charge in [-0.3, -0.25) is 4.79 Å². The molecule has 1 aromatic rings. The summed E-state index contributed by atoms with van der Waals surface area (Å²) in [6, 6.07) is 4.38. The molecule has 1 heterocycles. The summed E-state index contributed by atoms with van der Waals surface area (Å²) in [5.41, 5.74) is 0.711. The minimum absolute atomic E-state index is 0.0728. The molecular formula is C25H34N2O5S. The van der Waals surface area contributed by atoms with Gasteiger partial charge in [-0.2, -0.15) is 4.31 Å².